The van der Waals surface area contributed by atoms with Crippen LogP contribution in [0.25, 0.3) is 0 Å². The maximum absolute atomic E-state index is 5.58. The van der Waals surface area contributed by atoms with E-state index in [0.29, 0.717) is 16.9 Å². The van der Waals surface area contributed by atoms with E-state index in [1.54, 1.807) is 0 Å². The summed E-state index contributed by atoms with van der Waals surface area (Å²) >= 11 is 0. The molecule has 0 aromatic carbocycles. The van der Waals surface area contributed by atoms with Gasteiger partial charge < -0.3 is 9.47 Å². The van der Waals surface area contributed by atoms with Crippen molar-refractivity contribution >= 4 is 0 Å². The number of hydrogen-bond donors (Lipinski definition) is 0. The summed E-state index contributed by atoms with van der Waals surface area (Å²) in [6.45, 7) is 14.1. The van der Waals surface area contributed by atoms with Crippen molar-refractivity contribution in [2.24, 2.45) is 10.8 Å². The van der Waals surface area contributed by atoms with Crippen LogP contribution in [-0.4, -0.2) is 25.9 Å². The van der Waals surface area contributed by atoms with Crippen molar-refractivity contribution < 1.29 is 9.47 Å². The Balaban J connectivity index is 2.10. The molecule has 2 heteroatoms. The molecule has 15 heavy (non-hydrogen) atoms. The fourth-order valence-electron chi connectivity index (χ4n) is 2.25. The molecule has 0 aromatic rings. The summed E-state index contributed by atoms with van der Waals surface area (Å²) in [7, 11) is 0. The van der Waals surface area contributed by atoms with Crippen LogP contribution in [0.4, 0.5) is 0 Å². The Labute approximate surface area is 94.3 Å². The van der Waals surface area contributed by atoms with Crippen molar-refractivity contribution in [2.75, 3.05) is 19.8 Å². The van der Waals surface area contributed by atoms with Crippen LogP contribution >= 0.6 is 0 Å². The molecular formula is C13H26O2. The molecule has 2 nitrogen and oxygen atoms in total. The van der Waals surface area contributed by atoms with Crippen molar-refractivity contribution in [3.63, 3.8) is 0 Å². The first-order chi connectivity index (χ1) is 6.79. The van der Waals surface area contributed by atoms with Gasteiger partial charge in [-0.3, -0.25) is 0 Å². The van der Waals surface area contributed by atoms with Crippen LogP contribution in [-0.2, 0) is 9.47 Å². The first kappa shape index (κ1) is 13.0. The van der Waals surface area contributed by atoms with Crippen molar-refractivity contribution in [1.29, 1.82) is 0 Å². The standard InChI is InChI=1S/C13H26O2/c1-12(2,3)10-13(4,5)6-7-14-8-11-9-15-11/h11H,6-10H2,1-5H3. The summed E-state index contributed by atoms with van der Waals surface area (Å²) in [5.74, 6) is 0. The van der Waals surface area contributed by atoms with Crippen LogP contribution in [0.3, 0.4) is 0 Å². The first-order valence-corrected chi connectivity index (χ1v) is 5.98. The molecule has 1 rings (SSSR count). The minimum Gasteiger partial charge on any atom is -0.379 e. The largest absolute Gasteiger partial charge is 0.379 e. The van der Waals surface area contributed by atoms with Gasteiger partial charge in [-0.15, -0.1) is 0 Å². The molecule has 1 heterocycles. The van der Waals surface area contributed by atoms with Gasteiger partial charge in [-0.1, -0.05) is 34.6 Å². The fraction of sp³-hybridized carbons (Fsp3) is 1.00. The van der Waals surface area contributed by atoms with Gasteiger partial charge in [-0.05, 0) is 23.7 Å². The molecule has 0 saturated carbocycles. The van der Waals surface area contributed by atoms with Crippen LogP contribution in [0.1, 0.15) is 47.5 Å². The molecule has 1 atom stereocenters. The van der Waals surface area contributed by atoms with Gasteiger partial charge in [-0.25, -0.2) is 0 Å². The topological polar surface area (TPSA) is 21.8 Å². The molecule has 0 bridgehead atoms. The van der Waals surface area contributed by atoms with E-state index in [2.05, 4.69) is 34.6 Å². The molecule has 1 aliphatic rings. The first-order valence-electron chi connectivity index (χ1n) is 5.98. The summed E-state index contributed by atoms with van der Waals surface area (Å²) in [5.41, 5.74) is 0.783. The summed E-state index contributed by atoms with van der Waals surface area (Å²) in [6, 6.07) is 0. The predicted molar refractivity (Wildman–Crippen MR) is 63.0 cm³/mol. The van der Waals surface area contributed by atoms with Crippen molar-refractivity contribution in [2.45, 2.75) is 53.6 Å². The van der Waals surface area contributed by atoms with Gasteiger partial charge >= 0.3 is 0 Å². The predicted octanol–water partition coefficient (Wildman–Crippen LogP) is 3.25. The Morgan fingerprint density at radius 2 is 1.80 bits per heavy atom. The second-order valence-corrected chi connectivity index (χ2v) is 6.68. The maximum atomic E-state index is 5.58. The van der Waals surface area contributed by atoms with Crippen molar-refractivity contribution in [3.05, 3.63) is 0 Å². The lowest BCUT2D eigenvalue weighted by atomic mass is 9.75. The highest BCUT2D eigenvalue weighted by molar-refractivity contribution is 4.76. The van der Waals surface area contributed by atoms with Gasteiger partial charge in [0.15, 0.2) is 0 Å². The second-order valence-electron chi connectivity index (χ2n) is 6.68. The van der Waals surface area contributed by atoms with E-state index < -0.39 is 0 Å². The second kappa shape index (κ2) is 4.84. The average Bonchev–Trinajstić information content (AvgIpc) is 2.76. The Morgan fingerprint density at radius 3 is 2.27 bits per heavy atom. The van der Waals surface area contributed by atoms with E-state index in [1.165, 1.54) is 6.42 Å². The van der Waals surface area contributed by atoms with Crippen molar-refractivity contribution in [1.82, 2.24) is 0 Å². The third kappa shape index (κ3) is 6.91. The molecule has 0 spiro atoms. The van der Waals surface area contributed by atoms with Crippen LogP contribution in [0.15, 0.2) is 0 Å². The van der Waals surface area contributed by atoms with Crippen LogP contribution in [0, 0.1) is 10.8 Å². The third-order valence-electron chi connectivity index (χ3n) is 2.64. The molecule has 1 saturated heterocycles. The molecule has 0 aliphatic carbocycles. The molecule has 0 aromatic heterocycles. The lowest BCUT2D eigenvalue weighted by Crippen LogP contribution is -2.22. The number of ether oxygens (including phenoxy) is 2. The zero-order valence-electron chi connectivity index (χ0n) is 10.9. The molecule has 0 N–H and O–H groups in total. The molecule has 1 aliphatic heterocycles. The number of epoxide rings is 1. The van der Waals surface area contributed by atoms with Crippen LogP contribution in [0.2, 0.25) is 0 Å². The van der Waals surface area contributed by atoms with Crippen molar-refractivity contribution in [3.8, 4) is 0 Å². The lowest BCUT2D eigenvalue weighted by Gasteiger charge is -2.32. The van der Waals surface area contributed by atoms with Gasteiger partial charge in [0.25, 0.3) is 0 Å². The number of rotatable bonds is 6. The summed E-state index contributed by atoms with van der Waals surface area (Å²) in [4.78, 5) is 0. The highest BCUT2D eigenvalue weighted by atomic mass is 16.6. The van der Waals surface area contributed by atoms with E-state index in [9.17, 15) is 0 Å². The van der Waals surface area contributed by atoms with E-state index in [-0.39, 0.29) is 0 Å². The van der Waals surface area contributed by atoms with Gasteiger partial charge in [-0.2, -0.15) is 0 Å². The minimum absolute atomic E-state index is 0.378. The summed E-state index contributed by atoms with van der Waals surface area (Å²) < 4.78 is 10.7. The molecule has 90 valence electrons. The van der Waals surface area contributed by atoms with Gasteiger partial charge in [0.1, 0.15) is 6.10 Å². The third-order valence-corrected chi connectivity index (χ3v) is 2.64. The molecular weight excluding hydrogens is 188 g/mol. The lowest BCUT2D eigenvalue weighted by molar-refractivity contribution is 0.0778. The monoisotopic (exact) mass is 214 g/mol. The van der Waals surface area contributed by atoms with E-state index >= 15 is 0 Å². The Kier molecular flexibility index (Phi) is 4.19. The SMILES string of the molecule is CC(C)(C)CC(C)(C)CCOCC1CO1. The van der Waals surface area contributed by atoms with Gasteiger partial charge in [0.05, 0.1) is 13.2 Å². The zero-order chi connectivity index (χ0) is 11.5. The Bertz CT molecular complexity index is 187. The highest BCUT2D eigenvalue weighted by Gasteiger charge is 2.26. The van der Waals surface area contributed by atoms with Crippen LogP contribution < -0.4 is 0 Å². The average molecular weight is 214 g/mol. The zero-order valence-corrected chi connectivity index (χ0v) is 10.9. The van der Waals surface area contributed by atoms with Crippen LogP contribution in [0.5, 0.6) is 0 Å². The quantitative estimate of drug-likeness (QED) is 0.500. The maximum Gasteiger partial charge on any atom is 0.104 e. The van der Waals surface area contributed by atoms with Gasteiger partial charge in [0.2, 0.25) is 0 Å². The summed E-state index contributed by atoms with van der Waals surface area (Å²) in [5, 5.41) is 0. The highest BCUT2D eigenvalue weighted by Crippen LogP contribution is 2.35. The molecule has 0 amide bonds. The Morgan fingerprint density at radius 1 is 1.20 bits per heavy atom. The molecule has 1 unspecified atom stereocenters. The van der Waals surface area contributed by atoms with E-state index in [1.807, 2.05) is 0 Å². The fourth-order valence-corrected chi connectivity index (χ4v) is 2.25. The van der Waals surface area contributed by atoms with E-state index in [4.69, 9.17) is 9.47 Å². The normalized spacial score (nSPS) is 21.8. The summed E-state index contributed by atoms with van der Waals surface area (Å²) in [6.07, 6.45) is 2.77. The molecule has 0 radical (unpaired) electrons. The van der Waals surface area contributed by atoms with E-state index in [0.717, 1.165) is 26.2 Å². The van der Waals surface area contributed by atoms with Gasteiger partial charge in [0, 0.05) is 6.61 Å². The minimum atomic E-state index is 0.378. The Hall–Kier alpha value is -0.0800. The number of hydrogen-bond acceptors (Lipinski definition) is 2. The smallest absolute Gasteiger partial charge is 0.104 e. The molecule has 1 fully saturated rings.